The number of hydrogen-bond donors (Lipinski definition) is 2. The first kappa shape index (κ1) is 21.2. The summed E-state index contributed by atoms with van der Waals surface area (Å²) in [6.45, 7) is 5.99. The fraction of sp³-hybridized carbons (Fsp3) is 0.571. The highest BCUT2D eigenvalue weighted by molar-refractivity contribution is 6.09. The average Bonchev–Trinajstić information content (AvgIpc) is 2.83. The summed E-state index contributed by atoms with van der Waals surface area (Å²) in [6, 6.07) is 2.39. The van der Waals surface area contributed by atoms with Gasteiger partial charge in [0.1, 0.15) is 23.7 Å². The van der Waals surface area contributed by atoms with Crippen LogP contribution in [0.3, 0.4) is 0 Å². The number of rotatable bonds is 4. The molecule has 1 aliphatic carbocycles. The number of urea groups is 1. The van der Waals surface area contributed by atoms with Gasteiger partial charge in [0.15, 0.2) is 0 Å². The Morgan fingerprint density at radius 3 is 2.31 bits per heavy atom. The third-order valence-electron chi connectivity index (χ3n) is 6.02. The van der Waals surface area contributed by atoms with Crippen molar-refractivity contribution in [3.63, 3.8) is 0 Å². The van der Waals surface area contributed by atoms with Crippen LogP contribution in [0, 0.1) is 23.0 Å². The summed E-state index contributed by atoms with van der Waals surface area (Å²) in [4.78, 5) is 38.4. The Bertz CT molecular complexity index is 807. The topological polar surface area (TPSA) is 78.5 Å². The second-order valence-corrected chi connectivity index (χ2v) is 9.10. The fourth-order valence-corrected chi connectivity index (χ4v) is 4.25. The number of carbonyl (C=O) groups is 3. The lowest BCUT2D eigenvalue weighted by Crippen LogP contribution is -2.51. The second-order valence-electron chi connectivity index (χ2n) is 9.10. The van der Waals surface area contributed by atoms with Gasteiger partial charge in [-0.3, -0.25) is 14.5 Å². The SMILES string of the molecule is CC(C)(C)C1CCC2(CC1)NC(=O)N(CC(=O)NCc1cc(F)cc(F)c1)C2=O. The molecule has 0 aromatic heterocycles. The van der Waals surface area contributed by atoms with Gasteiger partial charge < -0.3 is 10.6 Å². The minimum Gasteiger partial charge on any atom is -0.350 e. The smallest absolute Gasteiger partial charge is 0.325 e. The van der Waals surface area contributed by atoms with Crippen molar-refractivity contribution in [3.05, 3.63) is 35.4 Å². The minimum absolute atomic E-state index is 0.102. The van der Waals surface area contributed by atoms with E-state index in [9.17, 15) is 23.2 Å². The predicted octanol–water partition coefficient (Wildman–Crippen LogP) is 3.11. The molecular weight excluding hydrogens is 380 g/mol. The van der Waals surface area contributed by atoms with Gasteiger partial charge >= 0.3 is 6.03 Å². The van der Waals surface area contributed by atoms with Crippen LogP contribution in [0.25, 0.3) is 0 Å². The first-order valence-corrected chi connectivity index (χ1v) is 9.86. The Morgan fingerprint density at radius 2 is 1.76 bits per heavy atom. The van der Waals surface area contributed by atoms with Gasteiger partial charge in [-0.05, 0) is 54.7 Å². The zero-order valence-electron chi connectivity index (χ0n) is 17.0. The molecule has 29 heavy (non-hydrogen) atoms. The summed E-state index contributed by atoms with van der Waals surface area (Å²) in [5.74, 6) is -1.95. The Labute approximate surface area is 169 Å². The van der Waals surface area contributed by atoms with Crippen LogP contribution in [0.2, 0.25) is 0 Å². The summed E-state index contributed by atoms with van der Waals surface area (Å²) in [5, 5.41) is 5.29. The monoisotopic (exact) mass is 407 g/mol. The Morgan fingerprint density at radius 1 is 1.17 bits per heavy atom. The number of carbonyl (C=O) groups excluding carboxylic acids is 3. The van der Waals surface area contributed by atoms with Gasteiger partial charge in [-0.25, -0.2) is 13.6 Å². The number of amides is 4. The largest absolute Gasteiger partial charge is 0.350 e. The van der Waals surface area contributed by atoms with E-state index < -0.39 is 35.7 Å². The van der Waals surface area contributed by atoms with Gasteiger partial charge in [0.2, 0.25) is 5.91 Å². The number of nitrogens with zero attached hydrogens (tertiary/aromatic N) is 1. The standard InChI is InChI=1S/C21H27F2N3O3/c1-20(2,3)14-4-6-21(7-5-14)18(28)26(19(29)25-21)12-17(27)24-11-13-8-15(22)10-16(23)9-13/h8-10,14H,4-7,11-12H2,1-3H3,(H,24,27)(H,25,29). The molecule has 0 unspecified atom stereocenters. The molecule has 158 valence electrons. The molecule has 2 aliphatic rings. The van der Waals surface area contributed by atoms with E-state index in [4.69, 9.17) is 0 Å². The van der Waals surface area contributed by atoms with Crippen LogP contribution in [-0.4, -0.2) is 34.8 Å². The Kier molecular flexibility index (Phi) is 5.65. The molecule has 6 nitrogen and oxygen atoms in total. The van der Waals surface area contributed by atoms with Crippen molar-refractivity contribution in [1.82, 2.24) is 15.5 Å². The lowest BCUT2D eigenvalue weighted by atomic mass is 9.67. The molecule has 1 saturated carbocycles. The molecule has 4 amide bonds. The van der Waals surface area contributed by atoms with Crippen LogP contribution in [0.1, 0.15) is 52.0 Å². The molecule has 8 heteroatoms. The van der Waals surface area contributed by atoms with Crippen LogP contribution < -0.4 is 10.6 Å². The van der Waals surface area contributed by atoms with Gasteiger partial charge in [0.25, 0.3) is 5.91 Å². The van der Waals surface area contributed by atoms with Crippen LogP contribution >= 0.6 is 0 Å². The van der Waals surface area contributed by atoms with Crippen molar-refractivity contribution < 1.29 is 23.2 Å². The molecule has 1 spiro atoms. The average molecular weight is 407 g/mol. The zero-order valence-corrected chi connectivity index (χ0v) is 17.0. The highest BCUT2D eigenvalue weighted by Crippen LogP contribution is 2.43. The summed E-state index contributed by atoms with van der Waals surface area (Å²) < 4.78 is 26.5. The van der Waals surface area contributed by atoms with Crippen molar-refractivity contribution in [3.8, 4) is 0 Å². The van der Waals surface area contributed by atoms with Gasteiger partial charge in [0, 0.05) is 12.6 Å². The van der Waals surface area contributed by atoms with E-state index >= 15 is 0 Å². The van der Waals surface area contributed by atoms with Gasteiger partial charge in [-0.15, -0.1) is 0 Å². The molecule has 0 atom stereocenters. The van der Waals surface area contributed by atoms with Crippen LogP contribution in [0.4, 0.5) is 13.6 Å². The van der Waals surface area contributed by atoms with Crippen LogP contribution in [0.15, 0.2) is 18.2 Å². The van der Waals surface area contributed by atoms with Gasteiger partial charge in [-0.2, -0.15) is 0 Å². The second kappa shape index (κ2) is 7.72. The number of hydrogen-bond acceptors (Lipinski definition) is 3. The van der Waals surface area contributed by atoms with Crippen molar-refractivity contribution in [2.75, 3.05) is 6.54 Å². The van der Waals surface area contributed by atoms with E-state index in [1.165, 1.54) is 0 Å². The van der Waals surface area contributed by atoms with E-state index in [2.05, 4.69) is 31.4 Å². The molecule has 1 aromatic carbocycles. The molecule has 1 aromatic rings. The van der Waals surface area contributed by atoms with Crippen molar-refractivity contribution in [2.24, 2.45) is 11.3 Å². The molecule has 0 radical (unpaired) electrons. The molecule has 1 heterocycles. The van der Waals surface area contributed by atoms with E-state index in [-0.39, 0.29) is 23.4 Å². The molecule has 1 saturated heterocycles. The third-order valence-corrected chi connectivity index (χ3v) is 6.02. The maximum atomic E-state index is 13.2. The summed E-state index contributed by atoms with van der Waals surface area (Å²) >= 11 is 0. The van der Waals surface area contributed by atoms with Crippen molar-refractivity contribution in [2.45, 2.75) is 58.5 Å². The summed E-state index contributed by atoms with van der Waals surface area (Å²) in [6.07, 6.45) is 2.78. The lowest BCUT2D eigenvalue weighted by molar-refractivity contribution is -0.136. The maximum Gasteiger partial charge on any atom is 0.325 e. The Balaban J connectivity index is 1.58. The zero-order chi connectivity index (χ0) is 21.4. The third kappa shape index (κ3) is 4.57. The number of imide groups is 1. The number of halogens is 2. The first-order chi connectivity index (χ1) is 13.5. The van der Waals surface area contributed by atoms with E-state index in [1.807, 2.05) is 0 Å². The van der Waals surface area contributed by atoms with E-state index in [0.717, 1.165) is 35.9 Å². The quantitative estimate of drug-likeness (QED) is 0.753. The van der Waals surface area contributed by atoms with Gasteiger partial charge in [0.05, 0.1) is 0 Å². The van der Waals surface area contributed by atoms with Crippen LogP contribution in [-0.2, 0) is 16.1 Å². The molecule has 2 N–H and O–H groups in total. The molecule has 1 aliphatic heterocycles. The lowest BCUT2D eigenvalue weighted by Gasteiger charge is -2.40. The highest BCUT2D eigenvalue weighted by atomic mass is 19.1. The number of benzene rings is 1. The normalized spacial score (nSPS) is 24.7. The fourth-order valence-electron chi connectivity index (χ4n) is 4.25. The Hall–Kier alpha value is -2.51. The molecular formula is C21H27F2N3O3. The van der Waals surface area contributed by atoms with Gasteiger partial charge in [-0.1, -0.05) is 20.8 Å². The predicted molar refractivity (Wildman–Crippen MR) is 103 cm³/mol. The molecule has 3 rings (SSSR count). The highest BCUT2D eigenvalue weighted by Gasteiger charge is 2.53. The summed E-state index contributed by atoms with van der Waals surface area (Å²) in [5.41, 5.74) is -0.529. The molecule has 0 bridgehead atoms. The maximum absolute atomic E-state index is 13.2. The van der Waals surface area contributed by atoms with E-state index in [0.29, 0.717) is 18.8 Å². The van der Waals surface area contributed by atoms with Crippen molar-refractivity contribution in [1.29, 1.82) is 0 Å². The van der Waals surface area contributed by atoms with E-state index in [1.54, 1.807) is 0 Å². The first-order valence-electron chi connectivity index (χ1n) is 9.86. The molecule has 2 fully saturated rings. The van der Waals surface area contributed by atoms with Crippen molar-refractivity contribution >= 4 is 17.8 Å². The number of nitrogens with one attached hydrogen (secondary N) is 2. The summed E-state index contributed by atoms with van der Waals surface area (Å²) in [7, 11) is 0. The van der Waals surface area contributed by atoms with Crippen LogP contribution in [0.5, 0.6) is 0 Å². The minimum atomic E-state index is -0.926.